The van der Waals surface area contributed by atoms with E-state index in [1.165, 1.54) is 32.0 Å². The number of benzene rings is 2. The molecule has 1 aliphatic carbocycles. The molecule has 0 radical (unpaired) electrons. The molecule has 2 heterocycles. The highest BCUT2D eigenvalue weighted by atomic mass is 16.5. The summed E-state index contributed by atoms with van der Waals surface area (Å²) in [5, 5.41) is 12.4. The van der Waals surface area contributed by atoms with E-state index in [1.54, 1.807) is 0 Å². The summed E-state index contributed by atoms with van der Waals surface area (Å²) in [5.74, 6) is 3.00. The Balaban J connectivity index is 1.27. The molecule has 2 fully saturated rings. The zero-order valence-corrected chi connectivity index (χ0v) is 21.0. The molecule has 5 rings (SSSR count). The average molecular weight is 499 g/mol. The monoisotopic (exact) mass is 498 g/mol. The maximum Gasteiger partial charge on any atom is 0.222 e. The van der Waals surface area contributed by atoms with E-state index >= 15 is 0 Å². The third-order valence-corrected chi connectivity index (χ3v) is 7.30. The van der Waals surface area contributed by atoms with Gasteiger partial charge < -0.3 is 20.7 Å². The number of nitrogens with one attached hydrogen (secondary N) is 2. The number of hydrogen-bond donors (Lipinski definition) is 3. The number of nitrogens with two attached hydrogens (primary N) is 1. The topological polar surface area (TPSA) is 117 Å². The van der Waals surface area contributed by atoms with Crippen molar-refractivity contribution < 1.29 is 9.53 Å². The van der Waals surface area contributed by atoms with Crippen LogP contribution in [-0.2, 0) is 4.79 Å². The summed E-state index contributed by atoms with van der Waals surface area (Å²) >= 11 is 0. The molecule has 0 spiro atoms. The van der Waals surface area contributed by atoms with Crippen molar-refractivity contribution in [1.29, 1.82) is 5.41 Å². The number of para-hydroxylation sites is 1. The predicted molar refractivity (Wildman–Crippen MR) is 145 cm³/mol. The van der Waals surface area contributed by atoms with Crippen molar-refractivity contribution in [3.63, 3.8) is 0 Å². The molecule has 1 atom stereocenters. The molecule has 1 saturated carbocycles. The van der Waals surface area contributed by atoms with Gasteiger partial charge >= 0.3 is 0 Å². The zero-order chi connectivity index (χ0) is 25.6. The van der Waals surface area contributed by atoms with E-state index in [0.29, 0.717) is 41.6 Å². The number of anilines is 2. The second kappa shape index (κ2) is 11.4. The lowest BCUT2D eigenvalue weighted by atomic mass is 10.00. The molecule has 2 aliphatic rings. The van der Waals surface area contributed by atoms with Crippen LogP contribution in [0.15, 0.2) is 60.9 Å². The fourth-order valence-electron chi connectivity index (χ4n) is 5.32. The van der Waals surface area contributed by atoms with Gasteiger partial charge in [-0.05, 0) is 68.0 Å². The Bertz CT molecular complexity index is 1220. The van der Waals surface area contributed by atoms with E-state index in [0.717, 1.165) is 25.1 Å². The number of carbonyl (C=O) groups excluding carboxylic acids is 1. The normalized spacial score (nSPS) is 17.9. The number of ether oxygens (including phenoxy) is 1. The Morgan fingerprint density at radius 1 is 1.00 bits per heavy atom. The molecular formula is C29H34N6O2. The first-order chi connectivity index (χ1) is 18.1. The third-order valence-electron chi connectivity index (χ3n) is 7.30. The Morgan fingerprint density at radius 3 is 2.49 bits per heavy atom. The van der Waals surface area contributed by atoms with Crippen LogP contribution in [0.4, 0.5) is 11.6 Å². The fourth-order valence-corrected chi connectivity index (χ4v) is 5.32. The smallest absolute Gasteiger partial charge is 0.222 e. The van der Waals surface area contributed by atoms with Crippen molar-refractivity contribution in [2.24, 2.45) is 5.92 Å². The van der Waals surface area contributed by atoms with Crippen molar-refractivity contribution in [1.82, 2.24) is 14.9 Å². The molecule has 1 saturated heterocycles. The molecule has 2 aromatic carbocycles. The van der Waals surface area contributed by atoms with Crippen molar-refractivity contribution in [3.8, 4) is 11.5 Å². The fraction of sp³-hybridized carbons (Fsp3) is 0.379. The second-order valence-electron chi connectivity index (χ2n) is 9.97. The standard InChI is InChI=1S/C29H34N6O2/c30-27(21-12-14-24(15-13-21)37-23-10-2-1-3-11-23)26-28(31)32-19-33-29(26)34-22-9-6-16-35(18-22)25(36)17-20-7-4-5-8-20/h1-3,10-15,19-20,22,30H,4-9,16-18H2,(H3,31,32,33,34). The number of likely N-dealkylation sites (tertiary alicyclic amines) is 1. The molecular weight excluding hydrogens is 464 g/mol. The van der Waals surface area contributed by atoms with Gasteiger partial charge in [-0.3, -0.25) is 10.2 Å². The van der Waals surface area contributed by atoms with Crippen LogP contribution in [0, 0.1) is 11.3 Å². The Kier molecular flexibility index (Phi) is 7.63. The largest absolute Gasteiger partial charge is 0.457 e. The number of nitrogens with zero attached hydrogens (tertiary/aromatic N) is 3. The minimum Gasteiger partial charge on any atom is -0.457 e. The Morgan fingerprint density at radius 2 is 1.73 bits per heavy atom. The van der Waals surface area contributed by atoms with Gasteiger partial charge in [0.2, 0.25) is 5.91 Å². The van der Waals surface area contributed by atoms with E-state index in [-0.39, 0.29) is 23.5 Å². The maximum atomic E-state index is 12.9. The summed E-state index contributed by atoms with van der Waals surface area (Å²) in [6.45, 7) is 1.43. The SMILES string of the molecule is N=C(c1ccc(Oc2ccccc2)cc1)c1c(N)ncnc1NC1CCCN(C(=O)CC2CCCC2)C1. The number of rotatable bonds is 8. The highest BCUT2D eigenvalue weighted by Crippen LogP contribution is 2.29. The molecule has 37 heavy (non-hydrogen) atoms. The van der Waals surface area contributed by atoms with E-state index in [1.807, 2.05) is 59.5 Å². The van der Waals surface area contributed by atoms with Crippen molar-refractivity contribution in [3.05, 3.63) is 72.1 Å². The summed E-state index contributed by atoms with van der Waals surface area (Å²) in [4.78, 5) is 23.5. The van der Waals surface area contributed by atoms with Crippen LogP contribution in [-0.4, -0.2) is 45.6 Å². The number of carbonyl (C=O) groups is 1. The first kappa shape index (κ1) is 24.7. The lowest BCUT2D eigenvalue weighted by Crippen LogP contribution is -2.45. The zero-order valence-electron chi connectivity index (χ0n) is 21.0. The minimum atomic E-state index is 0.0452. The molecule has 8 nitrogen and oxygen atoms in total. The predicted octanol–water partition coefficient (Wildman–Crippen LogP) is 5.25. The quantitative estimate of drug-likeness (QED) is 0.365. The number of amides is 1. The second-order valence-corrected chi connectivity index (χ2v) is 9.97. The summed E-state index contributed by atoms with van der Waals surface area (Å²) in [6.07, 6.45) is 8.77. The lowest BCUT2D eigenvalue weighted by molar-refractivity contribution is -0.133. The minimum absolute atomic E-state index is 0.0452. The van der Waals surface area contributed by atoms with Gasteiger partial charge in [0.1, 0.15) is 29.5 Å². The highest BCUT2D eigenvalue weighted by Gasteiger charge is 2.28. The molecule has 4 N–H and O–H groups in total. The highest BCUT2D eigenvalue weighted by molar-refractivity contribution is 6.16. The van der Waals surface area contributed by atoms with Crippen LogP contribution < -0.4 is 15.8 Å². The first-order valence-corrected chi connectivity index (χ1v) is 13.1. The van der Waals surface area contributed by atoms with Gasteiger partial charge in [-0.15, -0.1) is 0 Å². The van der Waals surface area contributed by atoms with Gasteiger partial charge in [0, 0.05) is 31.1 Å². The van der Waals surface area contributed by atoms with Crippen LogP contribution in [0.3, 0.4) is 0 Å². The van der Waals surface area contributed by atoms with Crippen LogP contribution in [0.1, 0.15) is 56.1 Å². The molecule has 8 heteroatoms. The molecule has 0 bridgehead atoms. The van der Waals surface area contributed by atoms with Gasteiger partial charge in [-0.1, -0.05) is 31.0 Å². The summed E-state index contributed by atoms with van der Waals surface area (Å²) in [6, 6.07) is 16.9. The average Bonchev–Trinajstić information content (AvgIpc) is 3.43. The Hall–Kier alpha value is -3.94. The lowest BCUT2D eigenvalue weighted by Gasteiger charge is -2.34. The molecule has 1 aromatic heterocycles. The first-order valence-electron chi connectivity index (χ1n) is 13.1. The van der Waals surface area contributed by atoms with Crippen LogP contribution in [0.2, 0.25) is 0 Å². The molecule has 192 valence electrons. The van der Waals surface area contributed by atoms with Gasteiger partial charge in [0.15, 0.2) is 0 Å². The number of hydrogen-bond acceptors (Lipinski definition) is 7. The number of aromatic nitrogens is 2. The number of piperidine rings is 1. The van der Waals surface area contributed by atoms with Crippen LogP contribution in [0.5, 0.6) is 11.5 Å². The number of nitrogen functional groups attached to an aromatic ring is 1. The van der Waals surface area contributed by atoms with E-state index in [2.05, 4.69) is 15.3 Å². The van der Waals surface area contributed by atoms with E-state index < -0.39 is 0 Å². The van der Waals surface area contributed by atoms with Gasteiger partial charge in [0.25, 0.3) is 0 Å². The third kappa shape index (κ3) is 6.07. The summed E-state index contributed by atoms with van der Waals surface area (Å²) < 4.78 is 5.87. The van der Waals surface area contributed by atoms with Crippen molar-refractivity contribution >= 4 is 23.3 Å². The van der Waals surface area contributed by atoms with Gasteiger partial charge in [0.05, 0.1) is 11.3 Å². The molecule has 1 unspecified atom stereocenters. The van der Waals surface area contributed by atoms with E-state index in [9.17, 15) is 4.79 Å². The van der Waals surface area contributed by atoms with Crippen LogP contribution in [0.25, 0.3) is 0 Å². The van der Waals surface area contributed by atoms with Crippen LogP contribution >= 0.6 is 0 Å². The van der Waals surface area contributed by atoms with Gasteiger partial charge in [-0.2, -0.15) is 0 Å². The summed E-state index contributed by atoms with van der Waals surface area (Å²) in [5.41, 5.74) is 7.62. The van der Waals surface area contributed by atoms with Crippen molar-refractivity contribution in [2.45, 2.75) is 51.0 Å². The van der Waals surface area contributed by atoms with Crippen molar-refractivity contribution in [2.75, 3.05) is 24.1 Å². The Labute approximate surface area is 217 Å². The molecule has 3 aromatic rings. The molecule has 1 amide bonds. The maximum absolute atomic E-state index is 12.9. The summed E-state index contributed by atoms with van der Waals surface area (Å²) in [7, 11) is 0. The van der Waals surface area contributed by atoms with E-state index in [4.69, 9.17) is 15.9 Å². The van der Waals surface area contributed by atoms with Gasteiger partial charge in [-0.25, -0.2) is 9.97 Å². The molecule has 1 aliphatic heterocycles.